The molecule has 5 nitrogen and oxygen atoms in total. The van der Waals surface area contributed by atoms with E-state index in [4.69, 9.17) is 5.73 Å². The number of carbonyl (C=O) groups excluding carboxylic acids is 1. The molecule has 2 aromatic carbocycles. The van der Waals surface area contributed by atoms with Crippen molar-refractivity contribution in [3.8, 4) is 11.3 Å². The number of rotatable bonds is 2. The number of nitrogens with one attached hydrogen (secondary N) is 1. The monoisotopic (exact) mass is 316 g/mol. The number of nitrogens with two attached hydrogens (primary N) is 1. The van der Waals surface area contributed by atoms with Crippen LogP contribution in [0, 0.1) is 0 Å². The summed E-state index contributed by atoms with van der Waals surface area (Å²) in [6.07, 6.45) is 1.75. The molecule has 0 radical (unpaired) electrons. The minimum absolute atomic E-state index is 0.501. The van der Waals surface area contributed by atoms with Crippen LogP contribution in [0.5, 0.6) is 0 Å². The minimum Gasteiger partial charge on any atom is -0.354 e. The number of amides is 2. The van der Waals surface area contributed by atoms with Crippen LogP contribution in [0.3, 0.4) is 0 Å². The van der Waals surface area contributed by atoms with Crippen molar-refractivity contribution < 1.29 is 4.79 Å². The lowest BCUT2D eigenvalue weighted by Crippen LogP contribution is -2.31. The number of H-pyrrole nitrogens is 1. The van der Waals surface area contributed by atoms with E-state index in [-0.39, 0.29) is 0 Å². The second kappa shape index (κ2) is 5.38. The highest BCUT2D eigenvalue weighted by Gasteiger charge is 2.15. The molecule has 0 unspecified atom stereocenters. The molecular weight excluding hydrogens is 300 g/mol. The van der Waals surface area contributed by atoms with Crippen LogP contribution in [0.4, 0.5) is 10.5 Å². The molecule has 0 spiro atoms. The third-order valence-electron chi connectivity index (χ3n) is 4.26. The molecule has 4 rings (SSSR count). The summed E-state index contributed by atoms with van der Waals surface area (Å²) in [5.74, 6) is 0. The molecule has 24 heavy (non-hydrogen) atoms. The number of hydrogen-bond donors (Lipinski definition) is 2. The number of aromatic amines is 1. The zero-order valence-corrected chi connectivity index (χ0v) is 13.2. The van der Waals surface area contributed by atoms with Crippen LogP contribution in [-0.2, 0) is 0 Å². The molecule has 118 valence electrons. The van der Waals surface area contributed by atoms with E-state index in [1.165, 1.54) is 4.90 Å². The van der Waals surface area contributed by atoms with E-state index in [1.54, 1.807) is 13.2 Å². The summed E-state index contributed by atoms with van der Waals surface area (Å²) in [4.78, 5) is 20.9. The van der Waals surface area contributed by atoms with Gasteiger partial charge in [0, 0.05) is 40.8 Å². The fraction of sp³-hybridized carbons (Fsp3) is 0.0526. The minimum atomic E-state index is -0.501. The van der Waals surface area contributed by atoms with E-state index in [0.717, 1.165) is 38.8 Å². The van der Waals surface area contributed by atoms with Crippen molar-refractivity contribution in [2.75, 3.05) is 11.9 Å². The summed E-state index contributed by atoms with van der Waals surface area (Å²) in [6.45, 7) is 0. The summed E-state index contributed by atoms with van der Waals surface area (Å²) in [5.41, 5.74) is 10.1. The molecule has 0 atom stereocenters. The van der Waals surface area contributed by atoms with Crippen LogP contribution < -0.4 is 10.6 Å². The number of aromatic nitrogens is 2. The van der Waals surface area contributed by atoms with Gasteiger partial charge in [0.05, 0.1) is 11.2 Å². The molecule has 0 saturated carbocycles. The van der Waals surface area contributed by atoms with Gasteiger partial charge in [-0.1, -0.05) is 18.2 Å². The van der Waals surface area contributed by atoms with Gasteiger partial charge in [-0.2, -0.15) is 0 Å². The smallest absolute Gasteiger partial charge is 0.319 e. The Kier molecular flexibility index (Phi) is 3.20. The summed E-state index contributed by atoms with van der Waals surface area (Å²) in [5, 5.41) is 2.03. The Hall–Kier alpha value is -3.34. The zero-order chi connectivity index (χ0) is 16.7. The van der Waals surface area contributed by atoms with Crippen molar-refractivity contribution in [2.45, 2.75) is 0 Å². The van der Waals surface area contributed by atoms with Crippen molar-refractivity contribution in [2.24, 2.45) is 5.73 Å². The van der Waals surface area contributed by atoms with Gasteiger partial charge in [-0.05, 0) is 36.4 Å². The number of fused-ring (bicyclic) bond motifs is 2. The molecule has 0 aliphatic carbocycles. The maximum atomic E-state index is 11.5. The Morgan fingerprint density at radius 3 is 2.75 bits per heavy atom. The van der Waals surface area contributed by atoms with Gasteiger partial charge in [0.15, 0.2) is 0 Å². The van der Waals surface area contributed by atoms with Crippen molar-refractivity contribution in [1.29, 1.82) is 0 Å². The van der Waals surface area contributed by atoms with Crippen LogP contribution in [0.1, 0.15) is 0 Å². The quantitative estimate of drug-likeness (QED) is 0.588. The summed E-state index contributed by atoms with van der Waals surface area (Å²) >= 11 is 0. The second-order valence-corrected chi connectivity index (χ2v) is 5.70. The van der Waals surface area contributed by atoms with Gasteiger partial charge in [0.2, 0.25) is 0 Å². The molecule has 0 fully saturated rings. The van der Waals surface area contributed by atoms with Gasteiger partial charge in [-0.15, -0.1) is 0 Å². The Morgan fingerprint density at radius 1 is 1.12 bits per heavy atom. The highest BCUT2D eigenvalue weighted by Crippen LogP contribution is 2.34. The van der Waals surface area contributed by atoms with Crippen molar-refractivity contribution in [3.63, 3.8) is 0 Å². The van der Waals surface area contributed by atoms with Gasteiger partial charge in [-0.25, -0.2) is 4.79 Å². The zero-order valence-electron chi connectivity index (χ0n) is 13.2. The van der Waals surface area contributed by atoms with Crippen LogP contribution >= 0.6 is 0 Å². The van der Waals surface area contributed by atoms with Crippen molar-refractivity contribution in [3.05, 3.63) is 60.8 Å². The molecule has 5 heteroatoms. The highest BCUT2D eigenvalue weighted by molar-refractivity contribution is 6.06. The van der Waals surface area contributed by atoms with Gasteiger partial charge in [0.1, 0.15) is 0 Å². The van der Waals surface area contributed by atoms with E-state index in [0.29, 0.717) is 0 Å². The average Bonchev–Trinajstić information content (AvgIpc) is 3.04. The Morgan fingerprint density at radius 2 is 1.96 bits per heavy atom. The van der Waals surface area contributed by atoms with Crippen LogP contribution in [0.15, 0.2) is 60.8 Å². The summed E-state index contributed by atoms with van der Waals surface area (Å²) < 4.78 is 0. The van der Waals surface area contributed by atoms with Gasteiger partial charge < -0.3 is 10.7 Å². The van der Waals surface area contributed by atoms with Crippen molar-refractivity contribution in [1.82, 2.24) is 9.97 Å². The van der Waals surface area contributed by atoms with E-state index >= 15 is 0 Å². The molecule has 0 bridgehead atoms. The molecule has 2 amide bonds. The number of pyridine rings is 1. The van der Waals surface area contributed by atoms with Crippen molar-refractivity contribution >= 4 is 33.5 Å². The SMILES string of the molecule is CN(C(N)=O)c1ccc(-c2cc3ccccc3[nH]2)c2ncccc12. The standard InChI is InChI=1S/C19H16N4O/c1-23(19(20)24)17-9-8-13(18-14(17)6-4-10-21-18)16-11-12-5-2-3-7-15(12)22-16/h2-11,22H,1H3,(H2,20,24). The first-order valence-electron chi connectivity index (χ1n) is 7.64. The van der Waals surface area contributed by atoms with E-state index < -0.39 is 6.03 Å². The number of carbonyl (C=O) groups is 1. The number of para-hydroxylation sites is 1. The van der Waals surface area contributed by atoms with Gasteiger partial charge >= 0.3 is 6.03 Å². The highest BCUT2D eigenvalue weighted by atomic mass is 16.2. The largest absolute Gasteiger partial charge is 0.354 e. The topological polar surface area (TPSA) is 75.0 Å². The average molecular weight is 316 g/mol. The molecule has 0 saturated heterocycles. The van der Waals surface area contributed by atoms with Crippen LogP contribution in [0.2, 0.25) is 0 Å². The molecule has 4 aromatic rings. The lowest BCUT2D eigenvalue weighted by atomic mass is 10.0. The third-order valence-corrected chi connectivity index (χ3v) is 4.26. The number of primary amides is 1. The van der Waals surface area contributed by atoms with E-state index in [1.807, 2.05) is 42.5 Å². The molecule has 3 N–H and O–H groups in total. The van der Waals surface area contributed by atoms with Gasteiger partial charge in [-0.3, -0.25) is 9.88 Å². The molecular formula is C19H16N4O. The van der Waals surface area contributed by atoms with Crippen LogP contribution in [0.25, 0.3) is 33.1 Å². The van der Waals surface area contributed by atoms with E-state index in [2.05, 4.69) is 22.1 Å². The first-order chi connectivity index (χ1) is 11.6. The molecule has 0 aliphatic rings. The number of hydrogen-bond acceptors (Lipinski definition) is 2. The number of anilines is 1. The Labute approximate surface area is 138 Å². The first-order valence-corrected chi connectivity index (χ1v) is 7.64. The normalized spacial score (nSPS) is 11.0. The molecule has 2 aromatic heterocycles. The summed E-state index contributed by atoms with van der Waals surface area (Å²) in [7, 11) is 1.66. The second-order valence-electron chi connectivity index (χ2n) is 5.70. The number of urea groups is 1. The fourth-order valence-corrected chi connectivity index (χ4v) is 3.00. The lowest BCUT2D eigenvalue weighted by molar-refractivity contribution is 0.255. The fourth-order valence-electron chi connectivity index (χ4n) is 3.00. The predicted octanol–water partition coefficient (Wildman–Crippen LogP) is 3.90. The number of benzene rings is 2. The van der Waals surface area contributed by atoms with E-state index in [9.17, 15) is 4.79 Å². The predicted molar refractivity (Wildman–Crippen MR) is 97.0 cm³/mol. The Balaban J connectivity index is 1.97. The van der Waals surface area contributed by atoms with Gasteiger partial charge in [0.25, 0.3) is 0 Å². The molecule has 2 heterocycles. The maximum Gasteiger partial charge on any atom is 0.319 e. The Bertz CT molecular complexity index is 1030. The first kappa shape index (κ1) is 14.3. The van der Waals surface area contributed by atoms with Crippen LogP contribution in [-0.4, -0.2) is 23.0 Å². The molecule has 0 aliphatic heterocycles. The summed E-state index contributed by atoms with van der Waals surface area (Å²) in [6, 6.07) is 17.4. The maximum absolute atomic E-state index is 11.5. The number of nitrogens with zero attached hydrogens (tertiary/aromatic N) is 2. The third kappa shape index (κ3) is 2.18. The lowest BCUT2D eigenvalue weighted by Gasteiger charge is -2.17.